The lowest BCUT2D eigenvalue weighted by molar-refractivity contribution is 0.391. The molecule has 6 nitrogen and oxygen atoms in total. The van der Waals surface area contributed by atoms with Crippen molar-refractivity contribution in [1.82, 2.24) is 25.2 Å². The topological polar surface area (TPSA) is 68.8 Å². The summed E-state index contributed by atoms with van der Waals surface area (Å²) in [5.41, 5.74) is 2.04. The molecule has 0 fully saturated rings. The van der Waals surface area contributed by atoms with Crippen molar-refractivity contribution in [2.75, 3.05) is 0 Å². The van der Waals surface area contributed by atoms with Gasteiger partial charge in [0.1, 0.15) is 17.9 Å². The Bertz CT molecular complexity index is 482. The van der Waals surface area contributed by atoms with Gasteiger partial charge in [0, 0.05) is 19.2 Å². The summed E-state index contributed by atoms with van der Waals surface area (Å²) in [6.45, 7) is 6.64. The van der Waals surface area contributed by atoms with Crippen LogP contribution in [0.25, 0.3) is 0 Å². The maximum absolute atomic E-state index is 5.12. The second kappa shape index (κ2) is 4.67. The lowest BCUT2D eigenvalue weighted by atomic mass is 10.2. The summed E-state index contributed by atoms with van der Waals surface area (Å²) < 4.78 is 7.03. The molecule has 0 amide bonds. The van der Waals surface area contributed by atoms with Gasteiger partial charge in [0.25, 0.3) is 0 Å². The highest BCUT2D eigenvalue weighted by atomic mass is 16.5. The van der Waals surface area contributed by atoms with E-state index in [4.69, 9.17) is 4.52 Å². The Balaban J connectivity index is 2.02. The van der Waals surface area contributed by atoms with Crippen molar-refractivity contribution < 1.29 is 4.52 Å². The second-order valence-electron chi connectivity index (χ2n) is 4.21. The van der Waals surface area contributed by atoms with Crippen LogP contribution in [0.2, 0.25) is 0 Å². The Kier molecular flexibility index (Phi) is 3.23. The number of rotatable bonds is 4. The lowest BCUT2D eigenvalue weighted by Gasteiger charge is -2.12. The van der Waals surface area contributed by atoms with Crippen LogP contribution in [0.15, 0.2) is 10.9 Å². The first-order valence-electron chi connectivity index (χ1n) is 5.58. The third-order valence-corrected chi connectivity index (χ3v) is 2.90. The minimum Gasteiger partial charge on any atom is -0.361 e. The molecule has 1 unspecified atom stereocenters. The highest BCUT2D eigenvalue weighted by molar-refractivity contribution is 5.20. The molecule has 0 saturated heterocycles. The van der Waals surface area contributed by atoms with Crippen LogP contribution in [0.5, 0.6) is 0 Å². The van der Waals surface area contributed by atoms with Crippen LogP contribution in [-0.2, 0) is 13.6 Å². The van der Waals surface area contributed by atoms with Gasteiger partial charge in [-0.2, -0.15) is 0 Å². The van der Waals surface area contributed by atoms with Gasteiger partial charge >= 0.3 is 0 Å². The van der Waals surface area contributed by atoms with Gasteiger partial charge in [-0.15, -0.1) is 10.2 Å². The summed E-state index contributed by atoms with van der Waals surface area (Å²) in [6, 6.07) is 0.135. The van der Waals surface area contributed by atoms with E-state index in [1.807, 2.05) is 25.5 Å². The third kappa shape index (κ3) is 2.36. The van der Waals surface area contributed by atoms with E-state index in [-0.39, 0.29) is 6.04 Å². The minimum atomic E-state index is 0.135. The molecule has 2 aromatic rings. The van der Waals surface area contributed by atoms with Crippen LogP contribution < -0.4 is 5.32 Å². The minimum absolute atomic E-state index is 0.135. The molecule has 1 atom stereocenters. The summed E-state index contributed by atoms with van der Waals surface area (Å²) >= 11 is 0. The molecule has 1 N–H and O–H groups in total. The Hall–Kier alpha value is -1.69. The van der Waals surface area contributed by atoms with Crippen molar-refractivity contribution in [1.29, 1.82) is 0 Å². The van der Waals surface area contributed by atoms with Crippen LogP contribution in [0.4, 0.5) is 0 Å². The van der Waals surface area contributed by atoms with Gasteiger partial charge in [-0.1, -0.05) is 5.16 Å². The fourth-order valence-corrected chi connectivity index (χ4v) is 1.78. The van der Waals surface area contributed by atoms with Crippen molar-refractivity contribution in [3.05, 3.63) is 29.2 Å². The van der Waals surface area contributed by atoms with Crippen molar-refractivity contribution in [3.63, 3.8) is 0 Å². The number of nitrogens with one attached hydrogen (secondary N) is 1. The van der Waals surface area contributed by atoms with E-state index in [0.717, 1.165) is 29.4 Å². The van der Waals surface area contributed by atoms with E-state index in [9.17, 15) is 0 Å². The van der Waals surface area contributed by atoms with Crippen LogP contribution in [-0.4, -0.2) is 19.9 Å². The Labute approximate surface area is 100 Å². The van der Waals surface area contributed by atoms with Crippen LogP contribution in [0.3, 0.4) is 0 Å². The number of aromatic nitrogens is 4. The molecule has 0 bridgehead atoms. The van der Waals surface area contributed by atoms with Crippen molar-refractivity contribution in [2.24, 2.45) is 7.05 Å². The Morgan fingerprint density at radius 1 is 1.47 bits per heavy atom. The molecular weight excluding hydrogens is 218 g/mol. The molecule has 92 valence electrons. The highest BCUT2D eigenvalue weighted by Gasteiger charge is 2.13. The molecule has 0 spiro atoms. The second-order valence-corrected chi connectivity index (χ2v) is 4.21. The van der Waals surface area contributed by atoms with Crippen molar-refractivity contribution in [3.8, 4) is 0 Å². The van der Waals surface area contributed by atoms with E-state index in [2.05, 4.69) is 27.6 Å². The molecule has 0 aromatic carbocycles. The Morgan fingerprint density at radius 2 is 2.24 bits per heavy atom. The third-order valence-electron chi connectivity index (χ3n) is 2.90. The zero-order valence-electron chi connectivity index (χ0n) is 10.6. The van der Waals surface area contributed by atoms with Gasteiger partial charge in [-0.3, -0.25) is 0 Å². The van der Waals surface area contributed by atoms with E-state index >= 15 is 0 Å². The van der Waals surface area contributed by atoms with Gasteiger partial charge in [0.05, 0.1) is 11.7 Å². The largest absolute Gasteiger partial charge is 0.361 e. The number of aryl methyl sites for hydroxylation is 3. The molecule has 2 aromatic heterocycles. The first-order valence-corrected chi connectivity index (χ1v) is 5.58. The first kappa shape index (κ1) is 11.8. The molecule has 0 radical (unpaired) electrons. The summed E-state index contributed by atoms with van der Waals surface area (Å²) in [6.07, 6.45) is 1.70. The summed E-state index contributed by atoms with van der Waals surface area (Å²) in [5, 5.41) is 15.2. The fourth-order valence-electron chi connectivity index (χ4n) is 1.78. The zero-order valence-corrected chi connectivity index (χ0v) is 10.6. The summed E-state index contributed by atoms with van der Waals surface area (Å²) in [5.74, 6) is 1.77. The first-order chi connectivity index (χ1) is 8.09. The highest BCUT2D eigenvalue weighted by Crippen LogP contribution is 2.14. The average Bonchev–Trinajstić information content (AvgIpc) is 2.84. The van der Waals surface area contributed by atoms with E-state index < -0.39 is 0 Å². The fraction of sp³-hybridized carbons (Fsp3) is 0.545. The predicted octanol–water partition coefficient (Wildman–Crippen LogP) is 1.27. The maximum atomic E-state index is 5.12. The van der Waals surface area contributed by atoms with Gasteiger partial charge in [0.15, 0.2) is 0 Å². The molecule has 0 saturated carbocycles. The lowest BCUT2D eigenvalue weighted by Crippen LogP contribution is -2.21. The smallest absolute Gasteiger partial charge is 0.149 e. The standard InChI is InChI=1S/C11H17N5O/c1-7-10(9(3)17-15-7)5-12-8(2)11-14-13-6-16(11)4/h6,8,12H,5H2,1-4H3. The van der Waals surface area contributed by atoms with E-state index in [0.29, 0.717) is 0 Å². The molecule has 0 aliphatic rings. The SMILES string of the molecule is Cc1noc(C)c1CNC(C)c1nncn1C. The van der Waals surface area contributed by atoms with Crippen LogP contribution in [0.1, 0.15) is 35.8 Å². The molecule has 6 heteroatoms. The molecule has 0 aliphatic carbocycles. The van der Waals surface area contributed by atoms with Crippen molar-refractivity contribution >= 4 is 0 Å². The van der Waals surface area contributed by atoms with Gasteiger partial charge in [-0.25, -0.2) is 0 Å². The zero-order chi connectivity index (χ0) is 12.4. The van der Waals surface area contributed by atoms with Crippen molar-refractivity contribution in [2.45, 2.75) is 33.4 Å². The van der Waals surface area contributed by atoms with Crippen LogP contribution >= 0.6 is 0 Å². The van der Waals surface area contributed by atoms with Crippen LogP contribution in [0, 0.1) is 13.8 Å². The molecule has 2 heterocycles. The quantitative estimate of drug-likeness (QED) is 0.864. The molecule has 17 heavy (non-hydrogen) atoms. The number of hydrogen-bond acceptors (Lipinski definition) is 5. The average molecular weight is 235 g/mol. The normalized spacial score (nSPS) is 12.9. The Morgan fingerprint density at radius 3 is 2.76 bits per heavy atom. The summed E-state index contributed by atoms with van der Waals surface area (Å²) in [7, 11) is 1.93. The van der Waals surface area contributed by atoms with E-state index in [1.54, 1.807) is 6.33 Å². The number of nitrogens with zero attached hydrogens (tertiary/aromatic N) is 4. The van der Waals surface area contributed by atoms with Gasteiger partial charge in [0.2, 0.25) is 0 Å². The molecule has 2 rings (SSSR count). The van der Waals surface area contributed by atoms with E-state index in [1.165, 1.54) is 0 Å². The van der Waals surface area contributed by atoms with Gasteiger partial charge in [-0.05, 0) is 20.8 Å². The predicted molar refractivity (Wildman–Crippen MR) is 62.2 cm³/mol. The monoisotopic (exact) mass is 235 g/mol. The van der Waals surface area contributed by atoms with Gasteiger partial charge < -0.3 is 14.4 Å². The number of hydrogen-bond donors (Lipinski definition) is 1. The molecule has 0 aliphatic heterocycles. The maximum Gasteiger partial charge on any atom is 0.149 e. The molecular formula is C11H17N5O. The summed E-state index contributed by atoms with van der Waals surface area (Å²) in [4.78, 5) is 0.